The van der Waals surface area contributed by atoms with Gasteiger partial charge in [0.25, 0.3) is 11.6 Å². The van der Waals surface area contributed by atoms with E-state index in [2.05, 4.69) is 20.7 Å². The molecule has 0 aliphatic rings. The van der Waals surface area contributed by atoms with Gasteiger partial charge in [-0.25, -0.2) is 5.43 Å². The predicted octanol–water partition coefficient (Wildman–Crippen LogP) is 4.80. The first kappa shape index (κ1) is 24.9. The first-order valence-corrected chi connectivity index (χ1v) is 11.8. The molecule has 0 spiro atoms. The standard InChI is InChI=1S/C23H19ClN6O5S/c1-2-29-22(19-4-3-11-34-19)27-28-23(29)36-20-10-7-17(30(32)33)12-15(20)13-25-26-21(31)14-35-18-8-5-16(24)6-9-18/h3-13H,2,14H2,1H3,(H,26,31)/b25-13-. The summed E-state index contributed by atoms with van der Waals surface area (Å²) in [5.74, 6) is 1.11. The van der Waals surface area contributed by atoms with Gasteiger partial charge in [0.15, 0.2) is 23.3 Å². The minimum Gasteiger partial charge on any atom is -0.484 e. The fraction of sp³-hybridized carbons (Fsp3) is 0.130. The molecule has 0 saturated heterocycles. The third-order valence-electron chi connectivity index (χ3n) is 4.76. The topological polar surface area (TPSA) is 138 Å². The van der Waals surface area contributed by atoms with Crippen LogP contribution in [-0.4, -0.2) is 38.4 Å². The third kappa shape index (κ3) is 6.09. The summed E-state index contributed by atoms with van der Waals surface area (Å²) in [6.07, 6.45) is 2.88. The maximum atomic E-state index is 12.1. The maximum Gasteiger partial charge on any atom is 0.277 e. The summed E-state index contributed by atoms with van der Waals surface area (Å²) in [5.41, 5.74) is 2.65. The number of carbonyl (C=O) groups excluding carboxylic acids is 1. The van der Waals surface area contributed by atoms with Crippen LogP contribution in [0.5, 0.6) is 5.75 Å². The fourth-order valence-electron chi connectivity index (χ4n) is 3.06. The minimum absolute atomic E-state index is 0.119. The summed E-state index contributed by atoms with van der Waals surface area (Å²) in [4.78, 5) is 23.5. The molecule has 4 rings (SSSR count). The van der Waals surface area contributed by atoms with E-state index >= 15 is 0 Å². The van der Waals surface area contributed by atoms with Gasteiger partial charge < -0.3 is 9.15 Å². The Morgan fingerprint density at radius 3 is 2.78 bits per heavy atom. The van der Waals surface area contributed by atoms with Crippen molar-refractivity contribution in [3.8, 4) is 17.3 Å². The van der Waals surface area contributed by atoms with Crippen molar-refractivity contribution >= 4 is 41.2 Å². The van der Waals surface area contributed by atoms with E-state index in [1.54, 1.807) is 48.7 Å². The lowest BCUT2D eigenvalue weighted by molar-refractivity contribution is -0.384. The van der Waals surface area contributed by atoms with Gasteiger partial charge in [-0.2, -0.15) is 5.10 Å². The average molecular weight is 527 g/mol. The van der Waals surface area contributed by atoms with Crippen LogP contribution in [0.15, 0.2) is 80.4 Å². The molecule has 0 atom stereocenters. The van der Waals surface area contributed by atoms with Crippen molar-refractivity contribution in [3.05, 3.63) is 81.6 Å². The number of nitro groups is 1. The Morgan fingerprint density at radius 1 is 1.28 bits per heavy atom. The second-order valence-corrected chi connectivity index (χ2v) is 8.59. The maximum absolute atomic E-state index is 12.1. The predicted molar refractivity (Wildman–Crippen MR) is 133 cm³/mol. The summed E-state index contributed by atoms with van der Waals surface area (Å²) < 4.78 is 12.7. The highest BCUT2D eigenvalue weighted by Crippen LogP contribution is 2.33. The number of ether oxygens (including phenoxy) is 1. The molecule has 2 aromatic heterocycles. The van der Waals surface area contributed by atoms with Crippen molar-refractivity contribution in [1.82, 2.24) is 20.2 Å². The number of nitrogens with one attached hydrogen (secondary N) is 1. The molecule has 0 aliphatic heterocycles. The second kappa shape index (κ2) is 11.5. The molecule has 13 heteroatoms. The molecule has 0 bridgehead atoms. The van der Waals surface area contributed by atoms with Gasteiger partial charge >= 0.3 is 0 Å². The zero-order valence-electron chi connectivity index (χ0n) is 18.8. The van der Waals surface area contributed by atoms with Crippen LogP contribution in [0.3, 0.4) is 0 Å². The molecule has 0 unspecified atom stereocenters. The van der Waals surface area contributed by atoms with Gasteiger partial charge in [-0.05, 0) is 61.2 Å². The third-order valence-corrected chi connectivity index (χ3v) is 6.08. The van der Waals surface area contributed by atoms with Gasteiger partial charge in [0.1, 0.15) is 5.75 Å². The second-order valence-electron chi connectivity index (χ2n) is 7.14. The van der Waals surface area contributed by atoms with Crippen molar-refractivity contribution in [1.29, 1.82) is 0 Å². The van der Waals surface area contributed by atoms with E-state index in [4.69, 9.17) is 20.8 Å². The van der Waals surface area contributed by atoms with Crippen LogP contribution in [0, 0.1) is 10.1 Å². The fourth-order valence-corrected chi connectivity index (χ4v) is 4.16. The number of nitro benzene ring substituents is 1. The van der Waals surface area contributed by atoms with E-state index in [9.17, 15) is 14.9 Å². The van der Waals surface area contributed by atoms with E-state index in [-0.39, 0.29) is 12.3 Å². The van der Waals surface area contributed by atoms with E-state index in [0.29, 0.717) is 44.5 Å². The Bertz CT molecular complexity index is 1390. The molecular weight excluding hydrogens is 508 g/mol. The first-order valence-electron chi connectivity index (χ1n) is 10.6. The van der Waals surface area contributed by atoms with Crippen LogP contribution in [0.1, 0.15) is 12.5 Å². The van der Waals surface area contributed by atoms with Crippen LogP contribution in [0.25, 0.3) is 11.6 Å². The number of nitrogens with zero attached hydrogens (tertiary/aromatic N) is 5. The number of aromatic nitrogens is 3. The molecule has 1 amide bonds. The SMILES string of the molecule is CCn1c(Sc2ccc([N+](=O)[O-])cc2/C=N\NC(=O)COc2ccc(Cl)cc2)nnc1-c1ccco1. The number of amides is 1. The first-order chi connectivity index (χ1) is 17.4. The summed E-state index contributed by atoms with van der Waals surface area (Å²) in [6, 6.07) is 14.5. The molecule has 11 nitrogen and oxygen atoms in total. The summed E-state index contributed by atoms with van der Waals surface area (Å²) in [7, 11) is 0. The minimum atomic E-state index is -0.506. The molecule has 0 saturated carbocycles. The Hall–Kier alpha value is -4.16. The lowest BCUT2D eigenvalue weighted by Crippen LogP contribution is -2.24. The molecular formula is C23H19ClN6O5S. The smallest absolute Gasteiger partial charge is 0.277 e. The molecule has 1 N–H and O–H groups in total. The van der Waals surface area contributed by atoms with Gasteiger partial charge in [-0.15, -0.1) is 10.2 Å². The Labute approximate surface area is 214 Å². The molecule has 0 aliphatic carbocycles. The largest absolute Gasteiger partial charge is 0.484 e. The monoisotopic (exact) mass is 526 g/mol. The molecule has 184 valence electrons. The number of furan rings is 1. The van der Waals surface area contributed by atoms with Crippen LogP contribution < -0.4 is 10.2 Å². The van der Waals surface area contributed by atoms with Gasteiger partial charge in [0.05, 0.1) is 17.4 Å². The van der Waals surface area contributed by atoms with Gasteiger partial charge in [-0.1, -0.05) is 11.6 Å². The summed E-state index contributed by atoms with van der Waals surface area (Å²) >= 11 is 7.08. The number of carbonyl (C=O) groups is 1. The van der Waals surface area contributed by atoms with Crippen molar-refractivity contribution in [2.75, 3.05) is 6.61 Å². The van der Waals surface area contributed by atoms with Crippen LogP contribution in [-0.2, 0) is 11.3 Å². The van der Waals surface area contributed by atoms with Gasteiger partial charge in [0, 0.05) is 34.2 Å². The molecule has 36 heavy (non-hydrogen) atoms. The number of non-ortho nitro benzene ring substituents is 1. The molecule has 4 aromatic rings. The summed E-state index contributed by atoms with van der Waals surface area (Å²) in [6.45, 7) is 2.25. The Balaban J connectivity index is 1.49. The average Bonchev–Trinajstić information content (AvgIpc) is 3.54. The van der Waals surface area contributed by atoms with Crippen molar-refractivity contribution < 1.29 is 18.9 Å². The zero-order valence-corrected chi connectivity index (χ0v) is 20.4. The molecule has 0 fully saturated rings. The van der Waals surface area contributed by atoms with E-state index in [0.717, 1.165) is 0 Å². The Morgan fingerprint density at radius 2 is 2.08 bits per heavy atom. The number of benzene rings is 2. The van der Waals surface area contributed by atoms with Crippen LogP contribution in [0.2, 0.25) is 5.02 Å². The highest BCUT2D eigenvalue weighted by Gasteiger charge is 2.18. The highest BCUT2D eigenvalue weighted by molar-refractivity contribution is 7.99. The molecule has 2 heterocycles. The Kier molecular flexibility index (Phi) is 7.98. The number of hydrazone groups is 1. The normalized spacial score (nSPS) is 11.1. The summed E-state index contributed by atoms with van der Waals surface area (Å²) in [5, 5.41) is 24.8. The highest BCUT2D eigenvalue weighted by atomic mass is 35.5. The van der Waals surface area contributed by atoms with E-state index < -0.39 is 10.8 Å². The van der Waals surface area contributed by atoms with Crippen molar-refractivity contribution in [2.24, 2.45) is 5.10 Å². The number of hydrogen-bond acceptors (Lipinski definition) is 9. The number of hydrogen-bond donors (Lipinski definition) is 1. The van der Waals surface area contributed by atoms with Crippen molar-refractivity contribution in [2.45, 2.75) is 23.5 Å². The van der Waals surface area contributed by atoms with Crippen LogP contribution >= 0.6 is 23.4 Å². The lowest BCUT2D eigenvalue weighted by atomic mass is 10.2. The van der Waals surface area contributed by atoms with Gasteiger partial charge in [-0.3, -0.25) is 19.5 Å². The number of rotatable bonds is 10. The quantitative estimate of drug-likeness (QED) is 0.177. The van der Waals surface area contributed by atoms with Gasteiger partial charge in [0.2, 0.25) is 0 Å². The van der Waals surface area contributed by atoms with E-state index in [1.165, 1.54) is 30.1 Å². The van der Waals surface area contributed by atoms with Crippen molar-refractivity contribution in [3.63, 3.8) is 0 Å². The zero-order chi connectivity index (χ0) is 25.5. The van der Waals surface area contributed by atoms with Crippen LogP contribution in [0.4, 0.5) is 5.69 Å². The number of halogens is 1. The lowest BCUT2D eigenvalue weighted by Gasteiger charge is -2.08. The van der Waals surface area contributed by atoms with E-state index in [1.807, 2.05) is 11.5 Å². The molecule has 0 radical (unpaired) electrons. The molecule has 2 aromatic carbocycles.